The highest BCUT2D eigenvalue weighted by molar-refractivity contribution is 5.97. The van der Waals surface area contributed by atoms with Crippen molar-refractivity contribution in [2.75, 3.05) is 6.54 Å². The van der Waals surface area contributed by atoms with Gasteiger partial charge in [-0.25, -0.2) is 4.79 Å². The van der Waals surface area contributed by atoms with Crippen LogP contribution in [0.1, 0.15) is 30.4 Å². The lowest BCUT2D eigenvalue weighted by atomic mass is 9.91. The second kappa shape index (κ2) is 9.30. The molecule has 2 saturated heterocycles. The Morgan fingerprint density at radius 3 is 2.71 bits per heavy atom. The Balaban J connectivity index is 1.24. The van der Waals surface area contributed by atoms with E-state index in [0.717, 1.165) is 28.5 Å². The molecule has 3 atom stereocenters. The third-order valence-corrected chi connectivity index (χ3v) is 6.90. The largest absolute Gasteiger partial charge is 0.361 e. The predicted octanol–water partition coefficient (Wildman–Crippen LogP) is 2.54. The van der Waals surface area contributed by atoms with Gasteiger partial charge >= 0.3 is 6.03 Å². The van der Waals surface area contributed by atoms with Crippen LogP contribution in [0.4, 0.5) is 4.79 Å². The SMILES string of the molecule is N[C@@H](Cc1c[nH]c2ccccc12)C(=O)N[C@@H]1CCCN2C(=O)N(Cc3ccccc3)C(=O)C[C@@H]12. The molecule has 3 heterocycles. The first-order valence-corrected chi connectivity index (χ1v) is 11.8. The van der Waals surface area contributed by atoms with E-state index in [1.807, 2.05) is 60.8 Å². The summed E-state index contributed by atoms with van der Waals surface area (Å²) in [6.45, 7) is 0.837. The van der Waals surface area contributed by atoms with Crippen molar-refractivity contribution in [3.63, 3.8) is 0 Å². The third-order valence-electron chi connectivity index (χ3n) is 6.90. The first kappa shape index (κ1) is 22.2. The van der Waals surface area contributed by atoms with Crippen LogP contribution < -0.4 is 11.1 Å². The zero-order valence-corrected chi connectivity index (χ0v) is 18.9. The molecule has 34 heavy (non-hydrogen) atoms. The molecule has 0 bridgehead atoms. The molecule has 1 aromatic heterocycles. The van der Waals surface area contributed by atoms with Gasteiger partial charge in [0.05, 0.1) is 18.6 Å². The number of aromatic nitrogens is 1. The lowest BCUT2D eigenvalue weighted by Crippen LogP contribution is -2.65. The van der Waals surface area contributed by atoms with Gasteiger partial charge in [0.25, 0.3) is 0 Å². The molecule has 3 aromatic rings. The highest BCUT2D eigenvalue weighted by atomic mass is 16.2. The monoisotopic (exact) mass is 459 g/mol. The Morgan fingerprint density at radius 2 is 1.88 bits per heavy atom. The fourth-order valence-corrected chi connectivity index (χ4v) is 5.11. The van der Waals surface area contributed by atoms with Gasteiger partial charge in [-0.3, -0.25) is 14.5 Å². The van der Waals surface area contributed by atoms with Crippen LogP contribution in [0.5, 0.6) is 0 Å². The second-order valence-electron chi connectivity index (χ2n) is 9.14. The quantitative estimate of drug-likeness (QED) is 0.526. The number of para-hydroxylation sites is 1. The maximum absolute atomic E-state index is 13.2. The van der Waals surface area contributed by atoms with Crippen molar-refractivity contribution < 1.29 is 14.4 Å². The predicted molar refractivity (Wildman–Crippen MR) is 129 cm³/mol. The average Bonchev–Trinajstić information content (AvgIpc) is 3.25. The molecule has 176 valence electrons. The summed E-state index contributed by atoms with van der Waals surface area (Å²) < 4.78 is 0. The fraction of sp³-hybridized carbons (Fsp3) is 0.346. The number of aromatic amines is 1. The third kappa shape index (κ3) is 4.28. The molecule has 2 aliphatic rings. The van der Waals surface area contributed by atoms with Gasteiger partial charge < -0.3 is 20.9 Å². The smallest absolute Gasteiger partial charge is 0.327 e. The number of nitrogens with two attached hydrogens (primary N) is 1. The minimum Gasteiger partial charge on any atom is -0.361 e. The van der Waals surface area contributed by atoms with E-state index in [-0.39, 0.29) is 42.9 Å². The van der Waals surface area contributed by atoms with E-state index in [1.54, 1.807) is 4.90 Å². The van der Waals surface area contributed by atoms with Crippen molar-refractivity contribution in [3.8, 4) is 0 Å². The topological polar surface area (TPSA) is 112 Å². The standard InChI is InChI=1S/C26H29N5O3/c27-20(13-18-15-28-21-10-5-4-9-19(18)21)25(33)29-22-11-6-12-30-23(22)14-24(32)31(26(30)34)16-17-7-2-1-3-8-17/h1-5,7-10,15,20,22-23,28H,6,11-14,16,27H2,(H,29,33)/t20-,22+,23-/m0/s1. The molecule has 0 radical (unpaired) electrons. The van der Waals surface area contributed by atoms with E-state index >= 15 is 0 Å². The number of nitrogens with zero attached hydrogens (tertiary/aromatic N) is 2. The molecule has 8 nitrogen and oxygen atoms in total. The molecule has 0 saturated carbocycles. The molecule has 4 amide bonds. The summed E-state index contributed by atoms with van der Waals surface area (Å²) in [5.74, 6) is -0.469. The molecule has 2 aromatic carbocycles. The van der Waals surface area contributed by atoms with Crippen molar-refractivity contribution in [1.29, 1.82) is 0 Å². The molecule has 5 rings (SSSR count). The molecule has 2 fully saturated rings. The number of hydrogen-bond donors (Lipinski definition) is 3. The highest BCUT2D eigenvalue weighted by Gasteiger charge is 2.44. The molecule has 0 unspecified atom stereocenters. The zero-order chi connectivity index (χ0) is 23.7. The minimum absolute atomic E-state index is 0.196. The normalized spacial score (nSPS) is 21.4. The number of hydrogen-bond acceptors (Lipinski definition) is 4. The first-order valence-electron chi connectivity index (χ1n) is 11.8. The Hall–Kier alpha value is -3.65. The van der Waals surface area contributed by atoms with Crippen LogP contribution >= 0.6 is 0 Å². The Morgan fingerprint density at radius 1 is 1.12 bits per heavy atom. The second-order valence-corrected chi connectivity index (χ2v) is 9.14. The minimum atomic E-state index is -0.723. The van der Waals surface area contributed by atoms with Gasteiger partial charge in [0.1, 0.15) is 0 Å². The van der Waals surface area contributed by atoms with E-state index in [0.29, 0.717) is 19.4 Å². The number of H-pyrrole nitrogens is 1. The van der Waals surface area contributed by atoms with Gasteiger partial charge in [-0.2, -0.15) is 0 Å². The van der Waals surface area contributed by atoms with Crippen molar-refractivity contribution in [2.45, 2.75) is 50.4 Å². The Labute approximate surface area is 198 Å². The molecule has 4 N–H and O–H groups in total. The summed E-state index contributed by atoms with van der Waals surface area (Å²) in [6, 6.07) is 15.8. The zero-order valence-electron chi connectivity index (χ0n) is 18.9. The number of imide groups is 1. The van der Waals surface area contributed by atoms with E-state index in [2.05, 4.69) is 10.3 Å². The number of carbonyl (C=O) groups is 3. The summed E-state index contributed by atoms with van der Waals surface area (Å²) in [4.78, 5) is 45.3. The van der Waals surface area contributed by atoms with Gasteiger partial charge in [0, 0.05) is 36.1 Å². The van der Waals surface area contributed by atoms with E-state index in [9.17, 15) is 14.4 Å². The summed E-state index contributed by atoms with van der Waals surface area (Å²) in [5.41, 5.74) is 9.17. The fourth-order valence-electron chi connectivity index (χ4n) is 5.11. The van der Waals surface area contributed by atoms with Crippen LogP contribution in [-0.2, 0) is 22.6 Å². The number of amides is 4. The van der Waals surface area contributed by atoms with Gasteiger partial charge in [-0.05, 0) is 36.5 Å². The molecular formula is C26H29N5O3. The van der Waals surface area contributed by atoms with E-state index < -0.39 is 6.04 Å². The summed E-state index contributed by atoms with van der Waals surface area (Å²) >= 11 is 0. The maximum Gasteiger partial charge on any atom is 0.327 e. The number of fused-ring (bicyclic) bond motifs is 2. The number of rotatable bonds is 6. The number of urea groups is 1. The summed E-state index contributed by atoms with van der Waals surface area (Å²) in [7, 11) is 0. The molecular weight excluding hydrogens is 430 g/mol. The van der Waals surface area contributed by atoms with Crippen LogP contribution in [0.3, 0.4) is 0 Å². The van der Waals surface area contributed by atoms with E-state index in [1.165, 1.54) is 4.90 Å². The highest BCUT2D eigenvalue weighted by Crippen LogP contribution is 2.28. The van der Waals surface area contributed by atoms with Gasteiger partial charge in [-0.15, -0.1) is 0 Å². The van der Waals surface area contributed by atoms with Crippen LogP contribution in [0.15, 0.2) is 60.8 Å². The Kier molecular flexibility index (Phi) is 6.06. The van der Waals surface area contributed by atoms with Crippen molar-refractivity contribution in [2.24, 2.45) is 5.73 Å². The Bertz CT molecular complexity index is 1210. The van der Waals surface area contributed by atoms with Gasteiger partial charge in [0.15, 0.2) is 0 Å². The first-order chi connectivity index (χ1) is 16.5. The maximum atomic E-state index is 13.2. The van der Waals surface area contributed by atoms with Crippen LogP contribution in [0.2, 0.25) is 0 Å². The van der Waals surface area contributed by atoms with Crippen LogP contribution in [0.25, 0.3) is 10.9 Å². The van der Waals surface area contributed by atoms with Crippen LogP contribution in [0, 0.1) is 0 Å². The van der Waals surface area contributed by atoms with Crippen LogP contribution in [-0.4, -0.2) is 57.3 Å². The average molecular weight is 460 g/mol. The van der Waals surface area contributed by atoms with Crippen molar-refractivity contribution >= 4 is 28.7 Å². The summed E-state index contributed by atoms with van der Waals surface area (Å²) in [5, 5.41) is 4.10. The number of piperidine rings is 1. The molecule has 2 aliphatic heterocycles. The summed E-state index contributed by atoms with van der Waals surface area (Å²) in [6.07, 6.45) is 3.96. The number of nitrogens with one attached hydrogen (secondary N) is 2. The van der Waals surface area contributed by atoms with Gasteiger partial charge in [-0.1, -0.05) is 48.5 Å². The number of benzene rings is 2. The van der Waals surface area contributed by atoms with E-state index in [4.69, 9.17) is 5.73 Å². The lowest BCUT2D eigenvalue weighted by molar-refractivity contribution is -0.135. The molecule has 8 heteroatoms. The molecule has 0 aliphatic carbocycles. The molecule has 0 spiro atoms. The number of carbonyl (C=O) groups excluding carboxylic acids is 3. The lowest BCUT2D eigenvalue weighted by Gasteiger charge is -2.46. The van der Waals surface area contributed by atoms with Crippen molar-refractivity contribution in [3.05, 3.63) is 71.9 Å². The van der Waals surface area contributed by atoms with Crippen molar-refractivity contribution in [1.82, 2.24) is 20.1 Å². The van der Waals surface area contributed by atoms with Gasteiger partial charge in [0.2, 0.25) is 11.8 Å².